The Balaban J connectivity index is 1.77. The first-order chi connectivity index (χ1) is 11.6. The standard InChI is InChI=1S/C18H22N4O2/c1-11-16(14-5-3-4-13-15(19)10-24-17(13)14)12(2)21-18(20-11)22-6-8-23-9-7-22/h3-5,15H,6-10,19H2,1-2H3/t15-/m1/s1. The van der Waals surface area contributed by atoms with E-state index in [1.807, 2.05) is 26.0 Å². The van der Waals surface area contributed by atoms with Gasteiger partial charge in [-0.05, 0) is 13.8 Å². The Kier molecular flexibility index (Phi) is 3.86. The van der Waals surface area contributed by atoms with Gasteiger partial charge < -0.3 is 20.1 Å². The van der Waals surface area contributed by atoms with E-state index in [0.29, 0.717) is 6.61 Å². The normalized spacial score (nSPS) is 20.0. The van der Waals surface area contributed by atoms with E-state index in [4.69, 9.17) is 25.2 Å². The molecule has 2 aliphatic heterocycles. The molecular formula is C18H22N4O2. The molecule has 4 rings (SSSR count). The number of rotatable bonds is 2. The summed E-state index contributed by atoms with van der Waals surface area (Å²) in [7, 11) is 0. The predicted molar refractivity (Wildman–Crippen MR) is 92.4 cm³/mol. The molecule has 1 aromatic heterocycles. The van der Waals surface area contributed by atoms with Crippen LogP contribution in [0, 0.1) is 13.8 Å². The minimum Gasteiger partial charge on any atom is -0.491 e. The molecule has 126 valence electrons. The Morgan fingerprint density at radius 1 is 1.12 bits per heavy atom. The highest BCUT2D eigenvalue weighted by molar-refractivity contribution is 5.77. The first kappa shape index (κ1) is 15.4. The lowest BCUT2D eigenvalue weighted by Crippen LogP contribution is -2.37. The second-order valence-corrected chi connectivity index (χ2v) is 6.31. The van der Waals surface area contributed by atoms with Crippen molar-refractivity contribution in [1.29, 1.82) is 0 Å². The average Bonchev–Trinajstić information content (AvgIpc) is 2.97. The Bertz CT molecular complexity index is 749. The van der Waals surface area contributed by atoms with E-state index < -0.39 is 0 Å². The molecule has 24 heavy (non-hydrogen) atoms. The Labute approximate surface area is 141 Å². The topological polar surface area (TPSA) is 73.5 Å². The van der Waals surface area contributed by atoms with Crippen molar-refractivity contribution in [3.63, 3.8) is 0 Å². The van der Waals surface area contributed by atoms with Crippen LogP contribution >= 0.6 is 0 Å². The fraction of sp³-hybridized carbons (Fsp3) is 0.444. The predicted octanol–water partition coefficient (Wildman–Crippen LogP) is 1.99. The summed E-state index contributed by atoms with van der Waals surface area (Å²) in [5.74, 6) is 1.65. The number of para-hydroxylation sites is 1. The number of ether oxygens (including phenoxy) is 2. The average molecular weight is 326 g/mol. The van der Waals surface area contributed by atoms with E-state index in [9.17, 15) is 0 Å². The molecule has 0 spiro atoms. The fourth-order valence-corrected chi connectivity index (χ4v) is 3.46. The molecule has 1 aromatic carbocycles. The molecule has 0 unspecified atom stereocenters. The lowest BCUT2D eigenvalue weighted by Gasteiger charge is -2.27. The van der Waals surface area contributed by atoms with Crippen LogP contribution in [0.4, 0.5) is 5.95 Å². The molecule has 0 amide bonds. The van der Waals surface area contributed by atoms with Gasteiger partial charge in [0.25, 0.3) is 0 Å². The number of nitrogens with zero attached hydrogens (tertiary/aromatic N) is 3. The zero-order chi connectivity index (χ0) is 16.7. The van der Waals surface area contributed by atoms with Crippen molar-refractivity contribution in [1.82, 2.24) is 9.97 Å². The molecule has 1 fully saturated rings. The van der Waals surface area contributed by atoms with Crippen molar-refractivity contribution in [3.8, 4) is 16.9 Å². The van der Waals surface area contributed by atoms with Gasteiger partial charge in [-0.1, -0.05) is 18.2 Å². The summed E-state index contributed by atoms with van der Waals surface area (Å²) in [5.41, 5.74) is 11.2. The number of anilines is 1. The molecule has 6 nitrogen and oxygen atoms in total. The highest BCUT2D eigenvalue weighted by atomic mass is 16.5. The van der Waals surface area contributed by atoms with Gasteiger partial charge in [0.05, 0.1) is 30.6 Å². The van der Waals surface area contributed by atoms with Crippen LogP contribution in [0.1, 0.15) is 23.0 Å². The summed E-state index contributed by atoms with van der Waals surface area (Å²) >= 11 is 0. The third-order valence-corrected chi connectivity index (χ3v) is 4.67. The third-order valence-electron chi connectivity index (χ3n) is 4.67. The molecule has 1 saturated heterocycles. The summed E-state index contributed by atoms with van der Waals surface area (Å²) in [6, 6.07) is 6.06. The van der Waals surface area contributed by atoms with E-state index in [2.05, 4.69) is 11.0 Å². The lowest BCUT2D eigenvalue weighted by atomic mass is 9.98. The van der Waals surface area contributed by atoms with Crippen LogP contribution in [-0.4, -0.2) is 42.9 Å². The van der Waals surface area contributed by atoms with Crippen LogP contribution in [-0.2, 0) is 4.74 Å². The second-order valence-electron chi connectivity index (χ2n) is 6.31. The highest BCUT2D eigenvalue weighted by Crippen LogP contribution is 2.41. The van der Waals surface area contributed by atoms with Crippen LogP contribution in [0.5, 0.6) is 5.75 Å². The Morgan fingerprint density at radius 3 is 2.54 bits per heavy atom. The molecule has 0 saturated carbocycles. The quantitative estimate of drug-likeness (QED) is 0.910. The van der Waals surface area contributed by atoms with Crippen molar-refractivity contribution < 1.29 is 9.47 Å². The number of aryl methyl sites for hydroxylation is 2. The van der Waals surface area contributed by atoms with Crippen molar-refractivity contribution in [2.45, 2.75) is 19.9 Å². The van der Waals surface area contributed by atoms with E-state index in [-0.39, 0.29) is 6.04 Å². The Hall–Kier alpha value is -2.18. The lowest BCUT2D eigenvalue weighted by molar-refractivity contribution is 0.122. The zero-order valence-corrected chi connectivity index (χ0v) is 14.1. The fourth-order valence-electron chi connectivity index (χ4n) is 3.46. The maximum atomic E-state index is 6.12. The van der Waals surface area contributed by atoms with Crippen LogP contribution in [0.25, 0.3) is 11.1 Å². The van der Waals surface area contributed by atoms with Crippen LogP contribution in [0.3, 0.4) is 0 Å². The molecular weight excluding hydrogens is 304 g/mol. The maximum absolute atomic E-state index is 6.12. The van der Waals surface area contributed by atoms with Crippen molar-refractivity contribution >= 4 is 5.95 Å². The van der Waals surface area contributed by atoms with Gasteiger partial charge in [0, 0.05) is 29.8 Å². The summed E-state index contributed by atoms with van der Waals surface area (Å²) in [6.07, 6.45) is 0. The molecule has 2 aromatic rings. The zero-order valence-electron chi connectivity index (χ0n) is 14.1. The van der Waals surface area contributed by atoms with Gasteiger partial charge in [-0.25, -0.2) is 9.97 Å². The largest absolute Gasteiger partial charge is 0.491 e. The highest BCUT2D eigenvalue weighted by Gasteiger charge is 2.26. The summed E-state index contributed by atoms with van der Waals surface area (Å²) in [6.45, 7) is 7.69. The van der Waals surface area contributed by atoms with E-state index in [1.54, 1.807) is 0 Å². The number of aromatic nitrogens is 2. The monoisotopic (exact) mass is 326 g/mol. The van der Waals surface area contributed by atoms with Gasteiger partial charge in [-0.2, -0.15) is 0 Å². The molecule has 3 heterocycles. The number of morpholine rings is 1. The first-order valence-electron chi connectivity index (χ1n) is 8.34. The Morgan fingerprint density at radius 2 is 1.83 bits per heavy atom. The van der Waals surface area contributed by atoms with Gasteiger partial charge in [0.15, 0.2) is 0 Å². The van der Waals surface area contributed by atoms with Gasteiger partial charge in [0.1, 0.15) is 12.4 Å². The van der Waals surface area contributed by atoms with Gasteiger partial charge >= 0.3 is 0 Å². The molecule has 2 N–H and O–H groups in total. The van der Waals surface area contributed by atoms with Gasteiger partial charge in [0.2, 0.25) is 5.95 Å². The van der Waals surface area contributed by atoms with E-state index in [1.165, 1.54) is 0 Å². The molecule has 0 bridgehead atoms. The van der Waals surface area contributed by atoms with Crippen LogP contribution in [0.2, 0.25) is 0 Å². The molecule has 2 aliphatic rings. The minimum absolute atomic E-state index is 0.0610. The smallest absolute Gasteiger partial charge is 0.225 e. The van der Waals surface area contributed by atoms with Gasteiger partial charge in [-0.3, -0.25) is 0 Å². The number of hydrogen-bond donors (Lipinski definition) is 1. The first-order valence-corrected chi connectivity index (χ1v) is 8.34. The number of hydrogen-bond acceptors (Lipinski definition) is 6. The molecule has 0 radical (unpaired) electrons. The van der Waals surface area contributed by atoms with Crippen LogP contribution in [0.15, 0.2) is 18.2 Å². The van der Waals surface area contributed by atoms with Crippen molar-refractivity contribution in [2.75, 3.05) is 37.8 Å². The third kappa shape index (κ3) is 2.52. The molecule has 1 atom stereocenters. The SMILES string of the molecule is Cc1nc(N2CCOCC2)nc(C)c1-c1cccc2c1OC[C@H]2N. The van der Waals surface area contributed by atoms with Gasteiger partial charge in [-0.15, -0.1) is 0 Å². The summed E-state index contributed by atoms with van der Waals surface area (Å²) in [4.78, 5) is 11.7. The minimum atomic E-state index is -0.0610. The second kappa shape index (κ2) is 6.03. The van der Waals surface area contributed by atoms with Crippen molar-refractivity contribution in [2.24, 2.45) is 5.73 Å². The van der Waals surface area contributed by atoms with Crippen LogP contribution < -0.4 is 15.4 Å². The molecule has 0 aliphatic carbocycles. The summed E-state index contributed by atoms with van der Waals surface area (Å²) < 4.78 is 11.3. The number of nitrogens with two attached hydrogens (primary N) is 1. The molecule has 6 heteroatoms. The van der Waals surface area contributed by atoms with Crippen molar-refractivity contribution in [3.05, 3.63) is 35.2 Å². The van der Waals surface area contributed by atoms with E-state index >= 15 is 0 Å². The van der Waals surface area contributed by atoms with E-state index in [0.717, 1.165) is 66.1 Å². The number of benzene rings is 1. The summed E-state index contributed by atoms with van der Waals surface area (Å²) in [5, 5.41) is 0. The number of fused-ring (bicyclic) bond motifs is 1. The maximum Gasteiger partial charge on any atom is 0.225 e.